The summed E-state index contributed by atoms with van der Waals surface area (Å²) in [5, 5.41) is 5.85. The van der Waals surface area contributed by atoms with E-state index in [2.05, 4.69) is 10.6 Å². The number of urea groups is 1. The lowest BCUT2D eigenvalue weighted by atomic mass is 9.98. The van der Waals surface area contributed by atoms with Gasteiger partial charge in [-0.3, -0.25) is 9.59 Å². The van der Waals surface area contributed by atoms with Crippen LogP contribution in [-0.2, 0) is 4.79 Å². The number of rotatable bonds is 5. The summed E-state index contributed by atoms with van der Waals surface area (Å²) >= 11 is 5.85. The molecule has 0 unspecified atom stereocenters. The number of carbonyl (C=O) groups excluding carboxylic acids is 3. The molecule has 3 aromatic rings. The largest absolute Gasteiger partial charge is 0.366 e. The lowest BCUT2D eigenvalue weighted by Crippen LogP contribution is -2.53. The molecule has 0 radical (unpaired) electrons. The Hall–Kier alpha value is -3.91. The van der Waals surface area contributed by atoms with Crippen molar-refractivity contribution in [3.63, 3.8) is 0 Å². The number of nitrogens with one attached hydrogen (secondary N) is 2. The van der Waals surface area contributed by atoms with Crippen LogP contribution in [0.1, 0.15) is 23.2 Å². The van der Waals surface area contributed by atoms with Gasteiger partial charge in [0.2, 0.25) is 11.8 Å². The highest BCUT2D eigenvalue weighted by Gasteiger charge is 2.32. The van der Waals surface area contributed by atoms with Crippen molar-refractivity contribution in [2.24, 2.45) is 5.73 Å². The van der Waals surface area contributed by atoms with E-state index in [1.807, 2.05) is 0 Å². The zero-order valence-electron chi connectivity index (χ0n) is 18.1. The Morgan fingerprint density at radius 3 is 2.50 bits per heavy atom. The van der Waals surface area contributed by atoms with Gasteiger partial charge in [0.1, 0.15) is 11.9 Å². The number of piperidine rings is 1. The third-order valence-electron chi connectivity index (χ3n) is 5.59. The Labute approximate surface area is 200 Å². The Balaban J connectivity index is 1.50. The topological polar surface area (TPSA) is 105 Å². The third-order valence-corrected chi connectivity index (χ3v) is 5.84. The van der Waals surface area contributed by atoms with E-state index in [9.17, 15) is 14.4 Å². The average Bonchev–Trinajstić information content (AvgIpc) is 2.82. The minimum Gasteiger partial charge on any atom is -0.366 e. The lowest BCUT2D eigenvalue weighted by Gasteiger charge is -2.33. The first-order chi connectivity index (χ1) is 16.3. The minimum atomic E-state index is -0.796. The second kappa shape index (κ2) is 9.93. The van der Waals surface area contributed by atoms with Crippen molar-refractivity contribution < 1.29 is 18.8 Å². The van der Waals surface area contributed by atoms with E-state index in [1.165, 1.54) is 17.0 Å². The van der Waals surface area contributed by atoms with Crippen LogP contribution in [0.15, 0.2) is 66.7 Å². The zero-order chi connectivity index (χ0) is 24.2. The molecule has 3 aromatic carbocycles. The maximum absolute atomic E-state index is 15.1. The van der Waals surface area contributed by atoms with Gasteiger partial charge in [0, 0.05) is 22.8 Å². The first-order valence-electron chi connectivity index (χ1n) is 10.7. The number of nitrogens with zero attached hydrogens (tertiary/aromatic N) is 1. The molecular formula is C25H22ClFN4O3. The number of halogens is 2. The van der Waals surface area contributed by atoms with Crippen LogP contribution < -0.4 is 21.3 Å². The summed E-state index contributed by atoms with van der Waals surface area (Å²) in [4.78, 5) is 38.5. The van der Waals surface area contributed by atoms with Gasteiger partial charge in [0.05, 0.1) is 5.69 Å². The number of anilines is 2. The second-order valence-electron chi connectivity index (χ2n) is 7.87. The molecule has 7 nitrogen and oxygen atoms in total. The number of hydrogen-bond donors (Lipinski definition) is 3. The molecule has 34 heavy (non-hydrogen) atoms. The van der Waals surface area contributed by atoms with Gasteiger partial charge in [-0.15, -0.1) is 0 Å². The lowest BCUT2D eigenvalue weighted by molar-refractivity contribution is -0.121. The zero-order valence-corrected chi connectivity index (χ0v) is 18.8. The molecular weight excluding hydrogens is 459 g/mol. The number of amides is 4. The summed E-state index contributed by atoms with van der Waals surface area (Å²) in [7, 11) is 0. The summed E-state index contributed by atoms with van der Waals surface area (Å²) < 4.78 is 15.1. The fourth-order valence-corrected chi connectivity index (χ4v) is 4.08. The van der Waals surface area contributed by atoms with Crippen LogP contribution in [0.5, 0.6) is 0 Å². The van der Waals surface area contributed by atoms with E-state index < -0.39 is 29.7 Å². The summed E-state index contributed by atoms with van der Waals surface area (Å²) in [5.41, 5.74) is 7.32. The fourth-order valence-electron chi connectivity index (χ4n) is 3.95. The van der Waals surface area contributed by atoms with Gasteiger partial charge in [-0.05, 0) is 66.4 Å². The molecule has 1 fully saturated rings. The predicted octanol–water partition coefficient (Wildman–Crippen LogP) is 4.56. The quantitative estimate of drug-likeness (QED) is 0.498. The molecule has 0 aliphatic carbocycles. The molecule has 4 rings (SSSR count). The van der Waals surface area contributed by atoms with E-state index in [4.69, 9.17) is 17.3 Å². The normalized spacial score (nSPS) is 15.6. The van der Waals surface area contributed by atoms with Crippen LogP contribution in [-0.4, -0.2) is 30.4 Å². The van der Waals surface area contributed by atoms with Gasteiger partial charge in [-0.1, -0.05) is 35.9 Å². The van der Waals surface area contributed by atoms with E-state index in [0.717, 1.165) is 0 Å². The number of primary amides is 1. The van der Waals surface area contributed by atoms with Gasteiger partial charge in [0.15, 0.2) is 0 Å². The SMILES string of the molecule is NC(=O)c1ccccc1-c1ccc(N2CCC[C@@H](NC(=O)Nc3ccc(Cl)cc3)C2=O)c(F)c1. The van der Waals surface area contributed by atoms with Gasteiger partial charge in [0.25, 0.3) is 0 Å². The molecule has 1 saturated heterocycles. The second-order valence-corrected chi connectivity index (χ2v) is 8.30. The van der Waals surface area contributed by atoms with Crippen molar-refractivity contribution in [2.75, 3.05) is 16.8 Å². The van der Waals surface area contributed by atoms with E-state index >= 15 is 4.39 Å². The Morgan fingerprint density at radius 1 is 1.06 bits per heavy atom. The fraction of sp³-hybridized carbons (Fsp3) is 0.160. The van der Waals surface area contributed by atoms with Gasteiger partial charge >= 0.3 is 6.03 Å². The van der Waals surface area contributed by atoms with Crippen molar-refractivity contribution >= 4 is 40.8 Å². The number of nitrogens with two attached hydrogens (primary N) is 1. The summed E-state index contributed by atoms with van der Waals surface area (Å²) in [6.07, 6.45) is 1.03. The molecule has 0 spiro atoms. The molecule has 0 bridgehead atoms. The predicted molar refractivity (Wildman–Crippen MR) is 129 cm³/mol. The summed E-state index contributed by atoms with van der Waals surface area (Å²) in [6, 6.07) is 16.3. The van der Waals surface area contributed by atoms with E-state index in [-0.39, 0.29) is 11.3 Å². The average molecular weight is 481 g/mol. The number of hydrogen-bond acceptors (Lipinski definition) is 3. The van der Waals surface area contributed by atoms with Crippen molar-refractivity contribution in [3.05, 3.63) is 83.1 Å². The number of carbonyl (C=O) groups is 3. The summed E-state index contributed by atoms with van der Waals surface area (Å²) in [6.45, 7) is 0.323. The molecule has 174 valence electrons. The molecule has 0 saturated carbocycles. The van der Waals surface area contributed by atoms with Gasteiger partial charge in [-0.2, -0.15) is 0 Å². The molecule has 1 aliphatic rings. The smallest absolute Gasteiger partial charge is 0.319 e. The van der Waals surface area contributed by atoms with Crippen molar-refractivity contribution in [1.29, 1.82) is 0 Å². The highest BCUT2D eigenvalue weighted by Crippen LogP contribution is 2.30. The van der Waals surface area contributed by atoms with Crippen LogP contribution >= 0.6 is 11.6 Å². The first kappa shape index (κ1) is 23.3. The van der Waals surface area contributed by atoms with Crippen molar-refractivity contribution in [2.45, 2.75) is 18.9 Å². The third kappa shape index (κ3) is 5.02. The first-order valence-corrected chi connectivity index (χ1v) is 11.0. The van der Waals surface area contributed by atoms with Crippen molar-refractivity contribution in [3.8, 4) is 11.1 Å². The standard InChI is InChI=1S/C25H22ClFN4O3/c26-16-8-10-17(11-9-16)29-25(34)30-21-6-3-13-31(24(21)33)22-12-7-15(14-20(22)27)18-4-1-2-5-19(18)23(28)32/h1-2,4-5,7-12,14,21H,3,6,13H2,(H2,28,32)(H2,29,30,34)/t21-/m1/s1. The molecule has 4 amide bonds. The molecule has 1 atom stereocenters. The Bertz CT molecular complexity index is 1250. The van der Waals surface area contributed by atoms with E-state index in [0.29, 0.717) is 41.2 Å². The Morgan fingerprint density at radius 2 is 1.79 bits per heavy atom. The minimum absolute atomic E-state index is 0.106. The van der Waals surface area contributed by atoms with Crippen LogP contribution in [0.2, 0.25) is 5.02 Å². The van der Waals surface area contributed by atoms with Crippen LogP contribution in [0, 0.1) is 5.82 Å². The maximum Gasteiger partial charge on any atom is 0.319 e. The molecule has 4 N–H and O–H groups in total. The van der Waals surface area contributed by atoms with Crippen LogP contribution in [0.4, 0.5) is 20.6 Å². The molecule has 0 aromatic heterocycles. The van der Waals surface area contributed by atoms with E-state index in [1.54, 1.807) is 54.6 Å². The van der Waals surface area contributed by atoms with Gasteiger partial charge < -0.3 is 21.3 Å². The maximum atomic E-state index is 15.1. The Kier molecular flexibility index (Phi) is 6.79. The molecule has 1 aliphatic heterocycles. The summed E-state index contributed by atoms with van der Waals surface area (Å²) in [5.74, 6) is -1.63. The van der Waals surface area contributed by atoms with Crippen LogP contribution in [0.3, 0.4) is 0 Å². The highest BCUT2D eigenvalue weighted by atomic mass is 35.5. The molecule has 9 heteroatoms. The van der Waals surface area contributed by atoms with Crippen LogP contribution in [0.25, 0.3) is 11.1 Å². The number of benzene rings is 3. The van der Waals surface area contributed by atoms with Crippen molar-refractivity contribution in [1.82, 2.24) is 5.32 Å². The monoisotopic (exact) mass is 480 g/mol. The van der Waals surface area contributed by atoms with Gasteiger partial charge in [-0.25, -0.2) is 9.18 Å². The molecule has 1 heterocycles. The highest BCUT2D eigenvalue weighted by molar-refractivity contribution is 6.30.